The second-order valence-electron chi connectivity index (χ2n) is 3.87. The predicted octanol–water partition coefficient (Wildman–Crippen LogP) is 0.874. The van der Waals surface area contributed by atoms with E-state index in [1.54, 1.807) is 12.2 Å². The number of fused-ring (bicyclic) bond motifs is 1. The highest BCUT2D eigenvalue weighted by atomic mass is 32.1. The molecule has 1 saturated heterocycles. The van der Waals surface area contributed by atoms with Crippen molar-refractivity contribution >= 4 is 17.9 Å². The number of hydrogen-bond acceptors (Lipinski definition) is 5. The van der Waals surface area contributed by atoms with Crippen LogP contribution in [-0.2, 0) is 14.2 Å². The van der Waals surface area contributed by atoms with Gasteiger partial charge in [-0.2, -0.15) is 0 Å². The van der Waals surface area contributed by atoms with Gasteiger partial charge in [0.05, 0.1) is 18.3 Å². The van der Waals surface area contributed by atoms with Crippen molar-refractivity contribution in [3.05, 3.63) is 12.2 Å². The quantitative estimate of drug-likeness (QED) is 0.408. The maximum absolute atomic E-state index is 10.8. The third-order valence-corrected chi connectivity index (χ3v) is 2.82. The Kier molecular flexibility index (Phi) is 3.86. The van der Waals surface area contributed by atoms with Crippen molar-refractivity contribution in [2.24, 2.45) is 0 Å². The van der Waals surface area contributed by atoms with Crippen LogP contribution in [0.4, 0.5) is 4.79 Å². The summed E-state index contributed by atoms with van der Waals surface area (Å²) in [7, 11) is 0. The van der Waals surface area contributed by atoms with Crippen LogP contribution in [0, 0.1) is 0 Å². The highest BCUT2D eigenvalue weighted by molar-refractivity contribution is 7.96. The molecule has 0 aromatic rings. The van der Waals surface area contributed by atoms with E-state index >= 15 is 0 Å². The molecule has 2 aliphatic rings. The maximum atomic E-state index is 10.8. The summed E-state index contributed by atoms with van der Waals surface area (Å²) >= 11 is 3.56. The number of rotatable bonds is 1. The number of hydrogen-bond donors (Lipinski definition) is 2. The minimum atomic E-state index is -0.639. The number of carbonyl (C=O) groups excluding carboxylic acids is 1. The molecule has 1 N–H and O–H groups in total. The van der Waals surface area contributed by atoms with E-state index in [2.05, 4.69) is 12.6 Å². The van der Waals surface area contributed by atoms with Crippen molar-refractivity contribution in [2.75, 3.05) is 6.79 Å². The third-order valence-electron chi connectivity index (χ3n) is 2.72. The van der Waals surface area contributed by atoms with Crippen molar-refractivity contribution in [1.29, 1.82) is 0 Å². The normalized spacial score (nSPS) is 40.6. The van der Waals surface area contributed by atoms with E-state index in [-0.39, 0.29) is 19.0 Å². The van der Waals surface area contributed by atoms with Gasteiger partial charge in [-0.05, 0) is 6.08 Å². The summed E-state index contributed by atoms with van der Waals surface area (Å²) in [6.07, 6.45) is 3.00. The van der Waals surface area contributed by atoms with Crippen LogP contribution in [0.2, 0.25) is 0 Å². The number of aliphatic hydroxyl groups is 1. The monoisotopic (exact) mass is 246 g/mol. The summed E-state index contributed by atoms with van der Waals surface area (Å²) in [5.74, 6) is 0. The summed E-state index contributed by atoms with van der Waals surface area (Å²) in [6, 6.07) is 0. The molecule has 1 fully saturated rings. The zero-order chi connectivity index (χ0) is 11.5. The van der Waals surface area contributed by atoms with E-state index in [0.717, 1.165) is 0 Å². The first-order valence-corrected chi connectivity index (χ1v) is 5.59. The molecule has 16 heavy (non-hydrogen) atoms. The molecule has 0 radical (unpaired) electrons. The lowest BCUT2D eigenvalue weighted by atomic mass is 9.97. The van der Waals surface area contributed by atoms with Gasteiger partial charge in [-0.1, -0.05) is 18.7 Å². The predicted molar refractivity (Wildman–Crippen MR) is 58.2 cm³/mol. The van der Waals surface area contributed by atoms with Gasteiger partial charge in [0, 0.05) is 12.8 Å². The molecule has 1 aliphatic carbocycles. The highest BCUT2D eigenvalue weighted by Gasteiger charge is 2.34. The average molecular weight is 246 g/mol. The van der Waals surface area contributed by atoms with Gasteiger partial charge in [-0.25, -0.2) is 4.79 Å². The van der Waals surface area contributed by atoms with Crippen LogP contribution in [0.3, 0.4) is 0 Å². The minimum Gasteiger partial charge on any atom is -0.450 e. The second kappa shape index (κ2) is 5.18. The number of thiol groups is 1. The Morgan fingerprint density at radius 2 is 2.00 bits per heavy atom. The Balaban J connectivity index is 2.05. The van der Waals surface area contributed by atoms with Gasteiger partial charge in [0.15, 0.2) is 0 Å². The van der Waals surface area contributed by atoms with E-state index < -0.39 is 17.5 Å². The second-order valence-corrected chi connectivity index (χ2v) is 4.24. The third kappa shape index (κ3) is 2.98. The molecule has 0 aromatic heterocycles. The Hall–Kier alpha value is -0.560. The molecule has 1 aliphatic heterocycles. The van der Waals surface area contributed by atoms with E-state index in [1.807, 2.05) is 0 Å². The fraction of sp³-hybridized carbons (Fsp3) is 0.700. The van der Waals surface area contributed by atoms with Gasteiger partial charge in [0.1, 0.15) is 12.9 Å². The van der Waals surface area contributed by atoms with Crippen LogP contribution in [0.25, 0.3) is 0 Å². The van der Waals surface area contributed by atoms with Crippen LogP contribution in [0.15, 0.2) is 12.2 Å². The first kappa shape index (κ1) is 11.9. The summed E-state index contributed by atoms with van der Waals surface area (Å²) in [6.45, 7) is 0.226. The summed E-state index contributed by atoms with van der Waals surface area (Å²) in [4.78, 5) is 10.8. The van der Waals surface area contributed by atoms with Gasteiger partial charge >= 0.3 is 5.30 Å². The van der Waals surface area contributed by atoms with E-state index in [4.69, 9.17) is 14.2 Å². The number of ether oxygens (including phenoxy) is 3. The summed E-state index contributed by atoms with van der Waals surface area (Å²) < 4.78 is 15.7. The van der Waals surface area contributed by atoms with Crippen LogP contribution in [0.1, 0.15) is 12.8 Å². The van der Waals surface area contributed by atoms with Crippen molar-refractivity contribution < 1.29 is 24.1 Å². The Morgan fingerprint density at radius 1 is 1.31 bits per heavy atom. The molecular formula is C10H14O5S. The molecule has 1 heterocycles. The molecule has 5 nitrogen and oxygen atoms in total. The van der Waals surface area contributed by atoms with Gasteiger partial charge in [-0.3, -0.25) is 0 Å². The molecule has 0 spiro atoms. The van der Waals surface area contributed by atoms with Crippen molar-refractivity contribution in [2.45, 2.75) is 37.3 Å². The fourth-order valence-electron chi connectivity index (χ4n) is 1.96. The Labute approximate surface area is 98.8 Å². The first-order chi connectivity index (χ1) is 7.65. The van der Waals surface area contributed by atoms with Gasteiger partial charge in [0.25, 0.3) is 0 Å². The fourth-order valence-corrected chi connectivity index (χ4v) is 2.10. The molecule has 0 saturated carbocycles. The van der Waals surface area contributed by atoms with Crippen molar-refractivity contribution in [1.82, 2.24) is 0 Å². The van der Waals surface area contributed by atoms with Crippen molar-refractivity contribution in [3.63, 3.8) is 0 Å². The summed E-state index contributed by atoms with van der Waals surface area (Å²) in [5.41, 5.74) is 0. The molecule has 2 rings (SSSR count). The standard InChI is InChI=1S/C10H14O5S/c11-6-1-2-7(15-10(12)16)4-9-8(3-6)13-5-14-9/h1-2,6-9,11H,3-5H2,(H,12,16)/b2-1+. The smallest absolute Gasteiger partial charge is 0.364 e. The van der Waals surface area contributed by atoms with E-state index in [0.29, 0.717) is 12.8 Å². The lowest BCUT2D eigenvalue weighted by Gasteiger charge is -2.24. The Morgan fingerprint density at radius 3 is 2.69 bits per heavy atom. The maximum Gasteiger partial charge on any atom is 0.364 e. The van der Waals surface area contributed by atoms with Crippen LogP contribution >= 0.6 is 12.6 Å². The topological polar surface area (TPSA) is 65.0 Å². The lowest BCUT2D eigenvalue weighted by molar-refractivity contribution is 0.0286. The van der Waals surface area contributed by atoms with Crippen LogP contribution < -0.4 is 0 Å². The molecule has 0 amide bonds. The highest BCUT2D eigenvalue weighted by Crippen LogP contribution is 2.25. The van der Waals surface area contributed by atoms with Gasteiger partial charge in [-0.15, -0.1) is 0 Å². The summed E-state index contributed by atoms with van der Waals surface area (Å²) in [5, 5.41) is 8.99. The van der Waals surface area contributed by atoms with E-state index in [1.165, 1.54) is 0 Å². The minimum absolute atomic E-state index is 0.138. The molecule has 4 atom stereocenters. The Bertz CT molecular complexity index is 293. The number of aliphatic hydroxyl groups excluding tert-OH is 1. The average Bonchev–Trinajstić information content (AvgIpc) is 2.58. The molecule has 90 valence electrons. The number of carbonyl (C=O) groups is 1. The SMILES string of the molecule is O=C(S)OC1/C=C/C(O)CC2OCOC2C1. The molecule has 4 unspecified atom stereocenters. The zero-order valence-electron chi connectivity index (χ0n) is 8.61. The van der Waals surface area contributed by atoms with Crippen LogP contribution in [0.5, 0.6) is 0 Å². The van der Waals surface area contributed by atoms with E-state index in [9.17, 15) is 9.90 Å². The van der Waals surface area contributed by atoms with Crippen LogP contribution in [-0.4, -0.2) is 41.6 Å². The molecule has 6 heteroatoms. The molecule has 0 aromatic carbocycles. The molecule has 0 bridgehead atoms. The zero-order valence-corrected chi connectivity index (χ0v) is 9.51. The molecular weight excluding hydrogens is 232 g/mol. The van der Waals surface area contributed by atoms with Crippen molar-refractivity contribution in [3.8, 4) is 0 Å². The first-order valence-electron chi connectivity index (χ1n) is 5.14. The van der Waals surface area contributed by atoms with Gasteiger partial charge in [0.2, 0.25) is 0 Å². The van der Waals surface area contributed by atoms with Gasteiger partial charge < -0.3 is 19.3 Å². The lowest BCUT2D eigenvalue weighted by Crippen LogP contribution is -2.33. The largest absolute Gasteiger partial charge is 0.450 e.